The van der Waals surface area contributed by atoms with Crippen molar-refractivity contribution in [1.82, 2.24) is 24.8 Å². The Balaban J connectivity index is 1.12. The molecule has 8 nitrogen and oxygen atoms in total. The van der Waals surface area contributed by atoms with E-state index in [1.807, 2.05) is 52.3 Å². The summed E-state index contributed by atoms with van der Waals surface area (Å²) >= 11 is 0. The lowest BCUT2D eigenvalue weighted by Gasteiger charge is -2.36. The topological polar surface area (TPSA) is 82.8 Å². The molecule has 0 saturated carbocycles. The molecule has 2 aliphatic rings. The normalized spacial score (nSPS) is 18.7. The van der Waals surface area contributed by atoms with Gasteiger partial charge in [-0.2, -0.15) is 4.98 Å². The smallest absolute Gasteiger partial charge is 0.228 e. The van der Waals surface area contributed by atoms with Gasteiger partial charge in [0.25, 0.3) is 0 Å². The average Bonchev–Trinajstić information content (AvgIpc) is 3.51. The van der Waals surface area contributed by atoms with Crippen LogP contribution < -0.4 is 0 Å². The standard InChI is InChI=1S/C29H35N5O3/c1-21(2)15-26-30-28(31-37-26)24-10-6-9-23(16-24)18-32-11-13-33(14-12-32)29(36)25-17-27(35)34(20-25)19-22-7-4-3-5-8-22/h3-10,16,21,25H,11-15,17-20H2,1-2H3/t25-/m1/s1. The fourth-order valence-electron chi connectivity index (χ4n) is 5.15. The SMILES string of the molecule is CC(C)Cc1nc(-c2cccc(CN3CCN(C(=O)[C@@H]4CC(=O)N(Cc5ccccc5)C4)CC3)c2)no1. The molecule has 3 aromatic rings. The van der Waals surface area contributed by atoms with E-state index < -0.39 is 0 Å². The Bertz CT molecular complexity index is 1220. The van der Waals surface area contributed by atoms with Crippen LogP contribution in [0, 0.1) is 11.8 Å². The van der Waals surface area contributed by atoms with E-state index in [0.717, 1.165) is 37.2 Å². The summed E-state index contributed by atoms with van der Waals surface area (Å²) in [5.74, 6) is 1.70. The van der Waals surface area contributed by atoms with E-state index in [4.69, 9.17) is 4.52 Å². The molecule has 2 aromatic carbocycles. The number of hydrogen-bond acceptors (Lipinski definition) is 6. The number of nitrogens with zero attached hydrogens (tertiary/aromatic N) is 5. The summed E-state index contributed by atoms with van der Waals surface area (Å²) in [5, 5.41) is 4.16. The number of hydrogen-bond donors (Lipinski definition) is 0. The minimum absolute atomic E-state index is 0.0682. The van der Waals surface area contributed by atoms with Gasteiger partial charge in [0.15, 0.2) is 0 Å². The Hall–Kier alpha value is -3.52. The predicted molar refractivity (Wildman–Crippen MR) is 140 cm³/mol. The summed E-state index contributed by atoms with van der Waals surface area (Å²) in [6.45, 7) is 9.14. The van der Waals surface area contributed by atoms with Gasteiger partial charge < -0.3 is 14.3 Å². The number of amides is 2. The second kappa shape index (κ2) is 11.3. The maximum absolute atomic E-state index is 13.2. The van der Waals surface area contributed by atoms with Crippen molar-refractivity contribution >= 4 is 11.8 Å². The maximum Gasteiger partial charge on any atom is 0.228 e. The highest BCUT2D eigenvalue weighted by atomic mass is 16.5. The Kier molecular flexibility index (Phi) is 7.65. The molecule has 194 valence electrons. The first-order valence-electron chi connectivity index (χ1n) is 13.2. The summed E-state index contributed by atoms with van der Waals surface area (Å²) in [5.41, 5.74) is 3.23. The minimum atomic E-state index is -0.241. The maximum atomic E-state index is 13.2. The lowest BCUT2D eigenvalue weighted by molar-refractivity contribution is -0.137. The van der Waals surface area contributed by atoms with Crippen LogP contribution in [-0.4, -0.2) is 69.4 Å². The molecule has 5 rings (SSSR count). The number of carbonyl (C=O) groups excluding carboxylic acids is 2. The number of benzene rings is 2. The third kappa shape index (κ3) is 6.25. The Morgan fingerprint density at radius 2 is 1.76 bits per heavy atom. The molecule has 1 atom stereocenters. The molecule has 2 fully saturated rings. The molecule has 0 bridgehead atoms. The number of rotatable bonds is 8. The summed E-state index contributed by atoms with van der Waals surface area (Å²) in [4.78, 5) is 36.4. The Morgan fingerprint density at radius 3 is 2.51 bits per heavy atom. The molecule has 2 aliphatic heterocycles. The van der Waals surface area contributed by atoms with Crippen molar-refractivity contribution in [1.29, 1.82) is 0 Å². The molecular weight excluding hydrogens is 466 g/mol. The first-order chi connectivity index (χ1) is 17.9. The zero-order chi connectivity index (χ0) is 25.8. The summed E-state index contributed by atoms with van der Waals surface area (Å²) < 4.78 is 5.41. The number of aromatic nitrogens is 2. The zero-order valence-corrected chi connectivity index (χ0v) is 21.7. The lowest BCUT2D eigenvalue weighted by Crippen LogP contribution is -2.50. The zero-order valence-electron chi connectivity index (χ0n) is 21.7. The fraction of sp³-hybridized carbons (Fsp3) is 0.448. The molecule has 0 aliphatic carbocycles. The van der Waals surface area contributed by atoms with Gasteiger partial charge in [0.05, 0.1) is 5.92 Å². The van der Waals surface area contributed by atoms with Crippen LogP contribution in [-0.2, 0) is 29.1 Å². The molecule has 8 heteroatoms. The first kappa shape index (κ1) is 25.1. The van der Waals surface area contributed by atoms with E-state index in [0.29, 0.717) is 50.2 Å². The monoisotopic (exact) mass is 501 g/mol. The van der Waals surface area contributed by atoms with Gasteiger partial charge in [-0.25, -0.2) is 0 Å². The van der Waals surface area contributed by atoms with Gasteiger partial charge in [-0.3, -0.25) is 14.5 Å². The van der Waals surface area contributed by atoms with Crippen LogP contribution in [0.2, 0.25) is 0 Å². The van der Waals surface area contributed by atoms with E-state index >= 15 is 0 Å². The summed E-state index contributed by atoms with van der Waals surface area (Å²) in [6, 6.07) is 18.2. The highest BCUT2D eigenvalue weighted by molar-refractivity contribution is 5.89. The predicted octanol–water partition coefficient (Wildman–Crippen LogP) is 3.63. The van der Waals surface area contributed by atoms with E-state index in [9.17, 15) is 9.59 Å². The molecule has 0 unspecified atom stereocenters. The van der Waals surface area contributed by atoms with E-state index in [2.05, 4.69) is 41.0 Å². The first-order valence-corrected chi connectivity index (χ1v) is 13.2. The van der Waals surface area contributed by atoms with Crippen molar-refractivity contribution in [3.63, 3.8) is 0 Å². The van der Waals surface area contributed by atoms with Crippen molar-refractivity contribution in [2.75, 3.05) is 32.7 Å². The van der Waals surface area contributed by atoms with Crippen molar-refractivity contribution in [2.45, 2.75) is 39.8 Å². The van der Waals surface area contributed by atoms with Gasteiger partial charge in [0.2, 0.25) is 23.5 Å². The Morgan fingerprint density at radius 1 is 1.00 bits per heavy atom. The van der Waals surface area contributed by atoms with Gasteiger partial charge in [0.1, 0.15) is 0 Å². The minimum Gasteiger partial charge on any atom is -0.340 e. The molecule has 0 radical (unpaired) electrons. The van der Waals surface area contributed by atoms with Crippen LogP contribution in [0.15, 0.2) is 59.1 Å². The molecule has 37 heavy (non-hydrogen) atoms. The molecular formula is C29H35N5O3. The highest BCUT2D eigenvalue weighted by Gasteiger charge is 2.37. The third-order valence-electron chi connectivity index (χ3n) is 7.11. The van der Waals surface area contributed by atoms with Crippen molar-refractivity contribution < 1.29 is 14.1 Å². The van der Waals surface area contributed by atoms with Gasteiger partial charge >= 0.3 is 0 Å². The number of piperazine rings is 1. The fourth-order valence-corrected chi connectivity index (χ4v) is 5.15. The lowest BCUT2D eigenvalue weighted by atomic mass is 10.1. The highest BCUT2D eigenvalue weighted by Crippen LogP contribution is 2.24. The number of carbonyl (C=O) groups is 2. The third-order valence-corrected chi connectivity index (χ3v) is 7.11. The van der Waals surface area contributed by atoms with Crippen LogP contribution in [0.4, 0.5) is 0 Å². The van der Waals surface area contributed by atoms with Crippen LogP contribution in [0.3, 0.4) is 0 Å². The van der Waals surface area contributed by atoms with E-state index in [-0.39, 0.29) is 17.7 Å². The van der Waals surface area contributed by atoms with Gasteiger partial charge in [0, 0.05) is 64.2 Å². The summed E-state index contributed by atoms with van der Waals surface area (Å²) in [7, 11) is 0. The van der Waals surface area contributed by atoms with Crippen LogP contribution >= 0.6 is 0 Å². The van der Waals surface area contributed by atoms with Gasteiger partial charge in [-0.05, 0) is 23.1 Å². The molecule has 1 aromatic heterocycles. The molecule has 2 saturated heterocycles. The largest absolute Gasteiger partial charge is 0.340 e. The molecule has 0 N–H and O–H groups in total. The van der Waals surface area contributed by atoms with Gasteiger partial charge in [-0.15, -0.1) is 0 Å². The second-order valence-electron chi connectivity index (χ2n) is 10.6. The Labute approximate surface area is 218 Å². The van der Waals surface area contributed by atoms with E-state index in [1.54, 1.807) is 0 Å². The average molecular weight is 502 g/mol. The van der Waals surface area contributed by atoms with Crippen LogP contribution in [0.25, 0.3) is 11.4 Å². The van der Waals surface area contributed by atoms with Crippen molar-refractivity contribution in [2.24, 2.45) is 11.8 Å². The molecule has 2 amide bonds. The van der Waals surface area contributed by atoms with Crippen molar-refractivity contribution in [3.05, 3.63) is 71.6 Å². The molecule has 3 heterocycles. The van der Waals surface area contributed by atoms with E-state index in [1.165, 1.54) is 5.56 Å². The van der Waals surface area contributed by atoms with Crippen LogP contribution in [0.1, 0.15) is 37.3 Å². The van der Waals surface area contributed by atoms with Gasteiger partial charge in [-0.1, -0.05) is 67.5 Å². The second-order valence-corrected chi connectivity index (χ2v) is 10.6. The number of likely N-dealkylation sites (tertiary alicyclic amines) is 1. The van der Waals surface area contributed by atoms with Crippen molar-refractivity contribution in [3.8, 4) is 11.4 Å². The summed E-state index contributed by atoms with van der Waals surface area (Å²) in [6.07, 6.45) is 1.09. The molecule has 0 spiro atoms. The van der Waals surface area contributed by atoms with Crippen LogP contribution in [0.5, 0.6) is 0 Å². The quantitative estimate of drug-likeness (QED) is 0.469.